The molecule has 7 aromatic carbocycles. The molecular weight excluding hydrogens is 691 g/mol. The SMILES string of the molecule is c1ccc(-c2cccc(-c3nc(-c4ccccc4)nc(-c4ccc5c(c4)oc4c(-c6nc(-c7ccccc7)c7oc8ccccc8c7n6)cccc45)n3)c2)cc1. The number of hydrogen-bond acceptors (Lipinski definition) is 7. The fourth-order valence-corrected chi connectivity index (χ4v) is 7.44. The van der Waals surface area contributed by atoms with E-state index in [2.05, 4.69) is 36.4 Å². The van der Waals surface area contributed by atoms with E-state index in [4.69, 9.17) is 33.8 Å². The van der Waals surface area contributed by atoms with Gasteiger partial charge in [0.1, 0.15) is 28.0 Å². The molecule has 0 spiro atoms. The van der Waals surface area contributed by atoms with E-state index in [1.54, 1.807) is 0 Å². The number of nitrogens with zero attached hydrogens (tertiary/aromatic N) is 5. The Morgan fingerprint density at radius 1 is 0.304 bits per heavy atom. The van der Waals surface area contributed by atoms with Gasteiger partial charge in [-0.25, -0.2) is 24.9 Å². The highest BCUT2D eigenvalue weighted by molar-refractivity contribution is 6.11. The monoisotopic (exact) mass is 719 g/mol. The third-order valence-electron chi connectivity index (χ3n) is 10.2. The Bertz CT molecular complexity index is 3250. The molecule has 0 bridgehead atoms. The second-order valence-corrected chi connectivity index (χ2v) is 13.7. The largest absolute Gasteiger partial charge is 0.455 e. The van der Waals surface area contributed by atoms with Crippen LogP contribution in [0.15, 0.2) is 185 Å². The first-order valence-corrected chi connectivity index (χ1v) is 18.4. The van der Waals surface area contributed by atoms with Crippen LogP contribution in [0.4, 0.5) is 0 Å². The van der Waals surface area contributed by atoms with Crippen molar-refractivity contribution in [3.63, 3.8) is 0 Å². The molecule has 0 aliphatic heterocycles. The van der Waals surface area contributed by atoms with Crippen LogP contribution in [0.2, 0.25) is 0 Å². The van der Waals surface area contributed by atoms with E-state index < -0.39 is 0 Å². The van der Waals surface area contributed by atoms with Gasteiger partial charge in [0.25, 0.3) is 0 Å². The van der Waals surface area contributed by atoms with E-state index in [0.29, 0.717) is 40.0 Å². The summed E-state index contributed by atoms with van der Waals surface area (Å²) >= 11 is 0. The van der Waals surface area contributed by atoms with Crippen molar-refractivity contribution in [3.05, 3.63) is 176 Å². The predicted molar refractivity (Wildman–Crippen MR) is 223 cm³/mol. The molecule has 0 saturated carbocycles. The molecule has 56 heavy (non-hydrogen) atoms. The number of hydrogen-bond donors (Lipinski definition) is 0. The van der Waals surface area contributed by atoms with Crippen LogP contribution in [0.5, 0.6) is 0 Å². The van der Waals surface area contributed by atoms with Crippen LogP contribution in [0.3, 0.4) is 0 Å². The van der Waals surface area contributed by atoms with Crippen LogP contribution in [-0.4, -0.2) is 24.9 Å². The average Bonchev–Trinajstić information content (AvgIpc) is 3.85. The number of rotatable bonds is 6. The molecule has 0 aliphatic carbocycles. The Morgan fingerprint density at radius 3 is 1.64 bits per heavy atom. The summed E-state index contributed by atoms with van der Waals surface area (Å²) in [5.74, 6) is 2.29. The molecule has 262 valence electrons. The van der Waals surface area contributed by atoms with Crippen LogP contribution in [0, 0.1) is 0 Å². The lowest BCUT2D eigenvalue weighted by atomic mass is 10.0. The number of benzene rings is 7. The van der Waals surface area contributed by atoms with Crippen molar-refractivity contribution in [2.75, 3.05) is 0 Å². The quantitative estimate of drug-likeness (QED) is 0.169. The molecule has 4 aromatic heterocycles. The van der Waals surface area contributed by atoms with Gasteiger partial charge < -0.3 is 8.83 Å². The van der Waals surface area contributed by atoms with Crippen LogP contribution in [0.1, 0.15) is 0 Å². The maximum Gasteiger partial charge on any atom is 0.180 e. The number of para-hydroxylation sites is 2. The van der Waals surface area contributed by atoms with Crippen LogP contribution in [-0.2, 0) is 0 Å². The first-order valence-electron chi connectivity index (χ1n) is 18.4. The van der Waals surface area contributed by atoms with Gasteiger partial charge in [-0.3, -0.25) is 0 Å². The lowest BCUT2D eigenvalue weighted by Crippen LogP contribution is -2.00. The summed E-state index contributed by atoms with van der Waals surface area (Å²) in [5, 5.41) is 2.87. The number of aromatic nitrogens is 5. The summed E-state index contributed by atoms with van der Waals surface area (Å²) in [6.07, 6.45) is 0. The molecule has 0 fully saturated rings. The predicted octanol–water partition coefficient (Wildman–Crippen LogP) is 12.5. The standard InChI is InChI=1S/C49H29N5O2/c1-4-14-30(15-5-1)33-20-12-21-34(28-33)47-52-46(32-18-8-3-9-19-32)53-48(54-47)35-26-27-36-37-23-13-24-39(44(37)56-41(36)29-35)49-50-42(31-16-6-2-7-17-31)45-43(51-49)38-22-10-11-25-40(38)55-45/h1-29H. The normalized spacial score (nSPS) is 11.6. The van der Waals surface area contributed by atoms with Gasteiger partial charge in [-0.1, -0.05) is 140 Å². The van der Waals surface area contributed by atoms with Crippen molar-refractivity contribution in [1.82, 2.24) is 24.9 Å². The lowest BCUT2D eigenvalue weighted by Gasteiger charge is -2.09. The van der Waals surface area contributed by atoms with E-state index in [1.165, 1.54) is 0 Å². The Hall–Kier alpha value is -7.77. The minimum Gasteiger partial charge on any atom is -0.455 e. The van der Waals surface area contributed by atoms with E-state index in [0.717, 1.165) is 71.9 Å². The van der Waals surface area contributed by atoms with E-state index >= 15 is 0 Å². The number of fused-ring (bicyclic) bond motifs is 6. The molecule has 0 radical (unpaired) electrons. The van der Waals surface area contributed by atoms with Gasteiger partial charge >= 0.3 is 0 Å². The van der Waals surface area contributed by atoms with Crippen molar-refractivity contribution in [1.29, 1.82) is 0 Å². The van der Waals surface area contributed by atoms with Gasteiger partial charge in [-0.05, 0) is 47.5 Å². The molecule has 11 rings (SSSR count). The van der Waals surface area contributed by atoms with Gasteiger partial charge in [0, 0.05) is 38.4 Å². The highest BCUT2D eigenvalue weighted by Crippen LogP contribution is 2.40. The zero-order valence-corrected chi connectivity index (χ0v) is 29.8. The van der Waals surface area contributed by atoms with Crippen LogP contribution in [0.25, 0.3) is 112 Å². The van der Waals surface area contributed by atoms with Gasteiger partial charge in [-0.15, -0.1) is 0 Å². The summed E-state index contributed by atoms with van der Waals surface area (Å²) in [4.78, 5) is 25.3. The maximum atomic E-state index is 6.75. The van der Waals surface area contributed by atoms with Crippen LogP contribution < -0.4 is 0 Å². The third kappa shape index (κ3) is 5.41. The van der Waals surface area contributed by atoms with Gasteiger partial charge in [0.05, 0.1) is 5.56 Å². The molecule has 0 atom stereocenters. The van der Waals surface area contributed by atoms with Crippen molar-refractivity contribution in [3.8, 4) is 67.9 Å². The van der Waals surface area contributed by atoms with Crippen LogP contribution >= 0.6 is 0 Å². The van der Waals surface area contributed by atoms with Crippen molar-refractivity contribution in [2.24, 2.45) is 0 Å². The maximum absolute atomic E-state index is 6.75. The molecule has 0 N–H and O–H groups in total. The third-order valence-corrected chi connectivity index (χ3v) is 10.2. The molecule has 0 amide bonds. The lowest BCUT2D eigenvalue weighted by molar-refractivity contribution is 0.666. The van der Waals surface area contributed by atoms with Gasteiger partial charge in [0.15, 0.2) is 28.9 Å². The Morgan fingerprint density at radius 2 is 0.875 bits per heavy atom. The van der Waals surface area contributed by atoms with Crippen molar-refractivity contribution >= 4 is 44.0 Å². The van der Waals surface area contributed by atoms with Gasteiger partial charge in [0.2, 0.25) is 0 Å². The molecule has 0 saturated heterocycles. The topological polar surface area (TPSA) is 90.7 Å². The Labute approximate surface area is 320 Å². The fraction of sp³-hybridized carbons (Fsp3) is 0. The summed E-state index contributed by atoms with van der Waals surface area (Å²) in [7, 11) is 0. The smallest absolute Gasteiger partial charge is 0.180 e. The summed E-state index contributed by atoms with van der Waals surface area (Å²) in [6.45, 7) is 0. The average molecular weight is 720 g/mol. The van der Waals surface area contributed by atoms with Crippen molar-refractivity contribution in [2.45, 2.75) is 0 Å². The van der Waals surface area contributed by atoms with E-state index in [-0.39, 0.29) is 0 Å². The minimum absolute atomic E-state index is 0.551. The highest BCUT2D eigenvalue weighted by Gasteiger charge is 2.21. The minimum atomic E-state index is 0.551. The number of furan rings is 2. The molecule has 7 heteroatoms. The zero-order chi connectivity index (χ0) is 37.0. The molecular formula is C49H29N5O2. The second kappa shape index (κ2) is 13.0. The summed E-state index contributed by atoms with van der Waals surface area (Å²) in [6, 6.07) is 58.9. The van der Waals surface area contributed by atoms with Crippen molar-refractivity contribution < 1.29 is 8.83 Å². The summed E-state index contributed by atoms with van der Waals surface area (Å²) < 4.78 is 13.1. The second-order valence-electron chi connectivity index (χ2n) is 13.7. The highest BCUT2D eigenvalue weighted by atomic mass is 16.3. The fourth-order valence-electron chi connectivity index (χ4n) is 7.44. The first-order chi connectivity index (χ1) is 27.7. The zero-order valence-electron chi connectivity index (χ0n) is 29.8. The molecule has 0 unspecified atom stereocenters. The van der Waals surface area contributed by atoms with Gasteiger partial charge in [-0.2, -0.15) is 0 Å². The molecule has 0 aliphatic rings. The van der Waals surface area contributed by atoms with E-state index in [1.807, 2.05) is 140 Å². The molecule has 11 aromatic rings. The van der Waals surface area contributed by atoms with E-state index in [9.17, 15) is 0 Å². The Balaban J connectivity index is 1.07. The summed E-state index contributed by atoms with van der Waals surface area (Å²) in [5.41, 5.74) is 10.9. The Kier molecular flexibility index (Phi) is 7.35. The molecule has 4 heterocycles. The first kappa shape index (κ1) is 31.7. The molecule has 7 nitrogen and oxygen atoms in total.